The smallest absolute Gasteiger partial charge is 0.0955 e. The average Bonchev–Trinajstić information content (AvgIpc) is 2.71. The van der Waals surface area contributed by atoms with Crippen LogP contribution in [-0.2, 0) is 11.2 Å². The van der Waals surface area contributed by atoms with E-state index < -0.39 is 0 Å². The van der Waals surface area contributed by atoms with E-state index in [2.05, 4.69) is 42.1 Å². The molecule has 0 aromatic heterocycles. The number of benzene rings is 1. The molecule has 17 heavy (non-hydrogen) atoms. The van der Waals surface area contributed by atoms with Crippen molar-refractivity contribution in [3.8, 4) is 0 Å². The lowest BCUT2D eigenvalue weighted by atomic mass is 9.99. The summed E-state index contributed by atoms with van der Waals surface area (Å²) in [4.78, 5) is 4.69. The van der Waals surface area contributed by atoms with Gasteiger partial charge in [-0.2, -0.15) is 0 Å². The molecule has 0 spiro atoms. The highest BCUT2D eigenvalue weighted by molar-refractivity contribution is 5.60. The number of anilines is 1. The molecule has 0 saturated carbocycles. The molecule has 1 fully saturated rings. The van der Waals surface area contributed by atoms with Crippen LogP contribution in [0.5, 0.6) is 0 Å². The molecular formula is C14H20N2O. The molecule has 1 atom stereocenters. The van der Waals surface area contributed by atoms with Crippen molar-refractivity contribution in [2.24, 2.45) is 0 Å². The number of likely N-dealkylation sites (N-methyl/N-ethyl adjacent to an activating group) is 2. The van der Waals surface area contributed by atoms with Crippen LogP contribution in [0.15, 0.2) is 18.2 Å². The van der Waals surface area contributed by atoms with Crippen molar-refractivity contribution in [3.05, 3.63) is 29.3 Å². The van der Waals surface area contributed by atoms with Gasteiger partial charge in [0.05, 0.1) is 12.7 Å². The van der Waals surface area contributed by atoms with Crippen LogP contribution in [0.2, 0.25) is 0 Å². The van der Waals surface area contributed by atoms with Crippen LogP contribution in [-0.4, -0.2) is 45.2 Å². The summed E-state index contributed by atoms with van der Waals surface area (Å²) in [5, 5.41) is 0. The standard InChI is InChI=1S/C14H20N2O/c1-15-8-9-17-14(10-15)12-4-3-5-13-11(12)6-7-16(13)2/h3-5,14H,6-10H2,1-2H3. The number of rotatable bonds is 1. The third-order valence-electron chi connectivity index (χ3n) is 3.91. The summed E-state index contributed by atoms with van der Waals surface area (Å²) in [6.45, 7) is 4.04. The first-order valence-electron chi connectivity index (χ1n) is 6.39. The number of hydrogen-bond acceptors (Lipinski definition) is 3. The maximum atomic E-state index is 5.93. The summed E-state index contributed by atoms with van der Waals surface area (Å²) in [6.07, 6.45) is 1.42. The van der Waals surface area contributed by atoms with Gasteiger partial charge in [-0.15, -0.1) is 0 Å². The normalized spacial score (nSPS) is 25.1. The first-order chi connectivity index (χ1) is 8.25. The van der Waals surface area contributed by atoms with Gasteiger partial charge in [0.2, 0.25) is 0 Å². The van der Waals surface area contributed by atoms with Gasteiger partial charge >= 0.3 is 0 Å². The third-order valence-corrected chi connectivity index (χ3v) is 3.91. The van der Waals surface area contributed by atoms with Gasteiger partial charge < -0.3 is 14.5 Å². The van der Waals surface area contributed by atoms with E-state index in [1.54, 1.807) is 0 Å². The zero-order valence-corrected chi connectivity index (χ0v) is 10.6. The largest absolute Gasteiger partial charge is 0.374 e. The summed E-state index contributed by atoms with van der Waals surface area (Å²) in [5.41, 5.74) is 4.29. The summed E-state index contributed by atoms with van der Waals surface area (Å²) >= 11 is 0. The van der Waals surface area contributed by atoms with Crippen molar-refractivity contribution in [2.75, 3.05) is 45.2 Å². The minimum Gasteiger partial charge on any atom is -0.374 e. The van der Waals surface area contributed by atoms with Crippen molar-refractivity contribution in [2.45, 2.75) is 12.5 Å². The van der Waals surface area contributed by atoms with E-state index in [0.717, 1.165) is 32.7 Å². The van der Waals surface area contributed by atoms with Crippen molar-refractivity contribution in [1.29, 1.82) is 0 Å². The second-order valence-electron chi connectivity index (χ2n) is 5.14. The molecule has 3 nitrogen and oxygen atoms in total. The van der Waals surface area contributed by atoms with Gasteiger partial charge in [0.25, 0.3) is 0 Å². The monoisotopic (exact) mass is 232 g/mol. The lowest BCUT2D eigenvalue weighted by Crippen LogP contribution is -2.35. The Balaban J connectivity index is 1.93. The highest BCUT2D eigenvalue weighted by Crippen LogP contribution is 2.34. The Morgan fingerprint density at radius 1 is 1.24 bits per heavy atom. The molecule has 0 radical (unpaired) electrons. The van der Waals surface area contributed by atoms with Crippen molar-refractivity contribution in [1.82, 2.24) is 4.90 Å². The third kappa shape index (κ3) is 1.94. The van der Waals surface area contributed by atoms with E-state index >= 15 is 0 Å². The van der Waals surface area contributed by atoms with Crippen molar-refractivity contribution >= 4 is 5.69 Å². The first kappa shape index (κ1) is 11.1. The van der Waals surface area contributed by atoms with Gasteiger partial charge in [-0.1, -0.05) is 12.1 Å². The van der Waals surface area contributed by atoms with E-state index in [-0.39, 0.29) is 6.10 Å². The Kier molecular flexibility index (Phi) is 2.81. The van der Waals surface area contributed by atoms with E-state index in [9.17, 15) is 0 Å². The maximum Gasteiger partial charge on any atom is 0.0955 e. The van der Waals surface area contributed by atoms with Gasteiger partial charge in [-0.25, -0.2) is 0 Å². The van der Waals surface area contributed by atoms with E-state index in [1.807, 2.05) is 0 Å². The van der Waals surface area contributed by atoms with Crippen LogP contribution in [0, 0.1) is 0 Å². The second kappa shape index (κ2) is 4.31. The van der Waals surface area contributed by atoms with Gasteiger partial charge in [0, 0.05) is 32.4 Å². The minimum absolute atomic E-state index is 0.259. The minimum atomic E-state index is 0.259. The molecular weight excluding hydrogens is 212 g/mol. The fraction of sp³-hybridized carbons (Fsp3) is 0.571. The maximum absolute atomic E-state index is 5.93. The lowest BCUT2D eigenvalue weighted by Gasteiger charge is -2.31. The topological polar surface area (TPSA) is 15.7 Å². The molecule has 0 N–H and O–H groups in total. The highest BCUT2D eigenvalue weighted by Gasteiger charge is 2.26. The predicted octanol–water partition coefficient (Wildman–Crippen LogP) is 1.68. The van der Waals surface area contributed by atoms with Crippen LogP contribution < -0.4 is 4.90 Å². The van der Waals surface area contributed by atoms with Crippen LogP contribution in [0.4, 0.5) is 5.69 Å². The average molecular weight is 232 g/mol. The molecule has 0 amide bonds. The number of fused-ring (bicyclic) bond motifs is 1. The number of nitrogens with zero attached hydrogens (tertiary/aromatic N) is 2. The molecule has 0 aliphatic carbocycles. The highest BCUT2D eigenvalue weighted by atomic mass is 16.5. The Hall–Kier alpha value is -1.06. The molecule has 1 aromatic carbocycles. The fourth-order valence-electron chi connectivity index (χ4n) is 2.89. The number of morpholine rings is 1. The SMILES string of the molecule is CN1CCOC(c2cccc3c2CCN3C)C1. The summed E-state index contributed by atoms with van der Waals surface area (Å²) in [6, 6.07) is 6.62. The Bertz CT molecular complexity index is 419. The Labute approximate surface area is 103 Å². The van der Waals surface area contributed by atoms with Gasteiger partial charge in [0.1, 0.15) is 0 Å². The van der Waals surface area contributed by atoms with Gasteiger partial charge in [0.15, 0.2) is 0 Å². The molecule has 0 bridgehead atoms. The lowest BCUT2D eigenvalue weighted by molar-refractivity contribution is -0.0212. The molecule has 2 aliphatic rings. The second-order valence-corrected chi connectivity index (χ2v) is 5.14. The molecule has 2 heterocycles. The fourth-order valence-corrected chi connectivity index (χ4v) is 2.89. The first-order valence-corrected chi connectivity index (χ1v) is 6.39. The van der Waals surface area contributed by atoms with Crippen LogP contribution in [0.3, 0.4) is 0 Å². The molecule has 2 aliphatic heterocycles. The van der Waals surface area contributed by atoms with Crippen LogP contribution >= 0.6 is 0 Å². The van der Waals surface area contributed by atoms with Gasteiger partial charge in [-0.3, -0.25) is 0 Å². The molecule has 92 valence electrons. The number of ether oxygens (including phenoxy) is 1. The van der Waals surface area contributed by atoms with E-state index in [1.165, 1.54) is 16.8 Å². The van der Waals surface area contributed by atoms with Crippen molar-refractivity contribution in [3.63, 3.8) is 0 Å². The van der Waals surface area contributed by atoms with Crippen molar-refractivity contribution < 1.29 is 4.74 Å². The molecule has 3 rings (SSSR count). The molecule has 1 saturated heterocycles. The summed E-state index contributed by atoms with van der Waals surface area (Å²) < 4.78 is 5.93. The quantitative estimate of drug-likeness (QED) is 0.732. The number of hydrogen-bond donors (Lipinski definition) is 0. The zero-order chi connectivity index (χ0) is 11.8. The summed E-state index contributed by atoms with van der Waals surface area (Å²) in [7, 11) is 4.34. The molecule has 1 unspecified atom stereocenters. The van der Waals surface area contributed by atoms with Crippen LogP contribution in [0.1, 0.15) is 17.2 Å². The Morgan fingerprint density at radius 3 is 2.94 bits per heavy atom. The zero-order valence-electron chi connectivity index (χ0n) is 10.6. The van der Waals surface area contributed by atoms with E-state index in [4.69, 9.17) is 4.74 Å². The summed E-state index contributed by atoms with van der Waals surface area (Å²) in [5.74, 6) is 0. The molecule has 3 heteroatoms. The van der Waals surface area contributed by atoms with Gasteiger partial charge in [-0.05, 0) is 30.7 Å². The van der Waals surface area contributed by atoms with E-state index in [0.29, 0.717) is 0 Å². The van der Waals surface area contributed by atoms with Crippen LogP contribution in [0.25, 0.3) is 0 Å². The predicted molar refractivity (Wildman–Crippen MR) is 69.6 cm³/mol. The molecule has 1 aromatic rings. The Morgan fingerprint density at radius 2 is 2.12 bits per heavy atom.